The fourth-order valence-corrected chi connectivity index (χ4v) is 3.65. The van der Waals surface area contributed by atoms with Crippen LogP contribution in [-0.4, -0.2) is 31.1 Å². The molecule has 1 amide bonds. The van der Waals surface area contributed by atoms with Gasteiger partial charge < -0.3 is 19.6 Å². The number of amides is 1. The largest absolute Gasteiger partial charge is 0.508 e. The number of halogens is 1. The van der Waals surface area contributed by atoms with Crippen LogP contribution in [0.5, 0.6) is 5.75 Å². The maximum atomic E-state index is 13.4. The number of benzene rings is 3. The summed E-state index contributed by atoms with van der Waals surface area (Å²) >= 11 is 0. The predicted molar refractivity (Wildman–Crippen MR) is 118 cm³/mol. The molecule has 0 unspecified atom stereocenters. The van der Waals surface area contributed by atoms with E-state index in [4.69, 9.17) is 9.15 Å². The number of hydrogen-bond donors (Lipinski definition) is 2. The normalized spacial score (nSPS) is 10.9. The molecule has 0 saturated heterocycles. The van der Waals surface area contributed by atoms with Crippen LogP contribution < -0.4 is 5.32 Å². The van der Waals surface area contributed by atoms with Gasteiger partial charge in [0.1, 0.15) is 22.9 Å². The van der Waals surface area contributed by atoms with E-state index >= 15 is 0 Å². The molecule has 0 aliphatic heterocycles. The molecule has 0 saturated carbocycles. The Morgan fingerprint density at radius 1 is 1.03 bits per heavy atom. The van der Waals surface area contributed by atoms with Gasteiger partial charge in [-0.15, -0.1) is 0 Å². The van der Waals surface area contributed by atoms with Crippen LogP contribution >= 0.6 is 0 Å². The average Bonchev–Trinajstić information content (AvgIpc) is 3.18. The summed E-state index contributed by atoms with van der Waals surface area (Å²) in [5.74, 6) is -1.05. The van der Waals surface area contributed by atoms with Crippen LogP contribution in [0.1, 0.15) is 26.3 Å². The molecule has 7 heteroatoms. The number of aromatic hydroxyl groups is 1. The third-order valence-electron chi connectivity index (χ3n) is 5.36. The molecule has 0 bridgehead atoms. The molecule has 4 rings (SSSR count). The molecule has 0 aliphatic rings. The summed E-state index contributed by atoms with van der Waals surface area (Å²) in [6.07, 6.45) is 0. The third kappa shape index (κ3) is 3.58. The number of phenols is 1. The van der Waals surface area contributed by atoms with Gasteiger partial charge in [0.2, 0.25) is 0 Å². The first-order chi connectivity index (χ1) is 15.3. The minimum absolute atomic E-state index is 0.0475. The molecule has 0 radical (unpaired) electrons. The van der Waals surface area contributed by atoms with E-state index < -0.39 is 11.8 Å². The highest BCUT2D eigenvalue weighted by molar-refractivity contribution is 6.12. The minimum atomic E-state index is -0.574. The lowest BCUT2D eigenvalue weighted by atomic mass is 9.95. The smallest absolute Gasteiger partial charge is 0.338 e. The standard InChI is InChI=1S/C25H20FNO5/c1-13-18(11-16(12-20(13)28)25(30)31-3)15-6-9-21-19(10-15)22(24(29)27-2)23(32-21)14-4-7-17(26)8-5-14/h4-12,28H,1-3H3,(H,27,29). The highest BCUT2D eigenvalue weighted by atomic mass is 19.1. The van der Waals surface area contributed by atoms with Crippen LogP contribution in [0, 0.1) is 12.7 Å². The lowest BCUT2D eigenvalue weighted by Gasteiger charge is -2.11. The van der Waals surface area contributed by atoms with Crippen molar-refractivity contribution in [3.8, 4) is 28.2 Å². The first-order valence-corrected chi connectivity index (χ1v) is 9.81. The van der Waals surface area contributed by atoms with Gasteiger partial charge in [-0.05, 0) is 72.1 Å². The zero-order chi connectivity index (χ0) is 23.0. The van der Waals surface area contributed by atoms with Crippen LogP contribution in [0.3, 0.4) is 0 Å². The van der Waals surface area contributed by atoms with E-state index in [2.05, 4.69) is 5.32 Å². The van der Waals surface area contributed by atoms with Crippen molar-refractivity contribution < 1.29 is 28.2 Å². The lowest BCUT2D eigenvalue weighted by Crippen LogP contribution is -2.18. The molecule has 3 aromatic carbocycles. The van der Waals surface area contributed by atoms with Crippen LogP contribution in [0.15, 0.2) is 59.0 Å². The second kappa shape index (κ2) is 8.19. The number of nitrogens with one attached hydrogen (secondary N) is 1. The van der Waals surface area contributed by atoms with Crippen LogP contribution in [0.4, 0.5) is 4.39 Å². The minimum Gasteiger partial charge on any atom is -0.508 e. The molecule has 1 heterocycles. The first-order valence-electron chi connectivity index (χ1n) is 9.81. The van der Waals surface area contributed by atoms with E-state index in [1.807, 2.05) is 0 Å². The van der Waals surface area contributed by atoms with Gasteiger partial charge in [0.15, 0.2) is 0 Å². The number of phenolic OH excluding ortho intramolecular Hbond substituents is 1. The van der Waals surface area contributed by atoms with Gasteiger partial charge in [0.05, 0.1) is 18.2 Å². The van der Waals surface area contributed by atoms with E-state index in [9.17, 15) is 19.1 Å². The highest BCUT2D eigenvalue weighted by Gasteiger charge is 2.23. The van der Waals surface area contributed by atoms with Gasteiger partial charge in [-0.2, -0.15) is 0 Å². The molecule has 2 N–H and O–H groups in total. The van der Waals surface area contributed by atoms with Gasteiger partial charge >= 0.3 is 5.97 Å². The van der Waals surface area contributed by atoms with Gasteiger partial charge in [-0.25, -0.2) is 9.18 Å². The Hall–Kier alpha value is -4.13. The Balaban J connectivity index is 1.95. The van der Waals surface area contributed by atoms with Crippen molar-refractivity contribution in [3.63, 3.8) is 0 Å². The zero-order valence-electron chi connectivity index (χ0n) is 17.7. The molecule has 0 fully saturated rings. The fraction of sp³-hybridized carbons (Fsp3) is 0.120. The SMILES string of the molecule is CNC(=O)c1c(-c2ccc(F)cc2)oc2ccc(-c3cc(C(=O)OC)cc(O)c3C)cc12. The summed E-state index contributed by atoms with van der Waals surface area (Å²) in [4.78, 5) is 24.8. The molecule has 1 aromatic heterocycles. The number of hydrogen-bond acceptors (Lipinski definition) is 5. The predicted octanol–water partition coefficient (Wildman–Crippen LogP) is 5.07. The first kappa shape index (κ1) is 21.1. The van der Waals surface area contributed by atoms with E-state index in [1.54, 1.807) is 43.3 Å². The molecule has 0 aliphatic carbocycles. The van der Waals surface area contributed by atoms with E-state index in [1.165, 1.54) is 32.4 Å². The van der Waals surface area contributed by atoms with Crippen LogP contribution in [0.25, 0.3) is 33.4 Å². The van der Waals surface area contributed by atoms with Crippen molar-refractivity contribution in [1.82, 2.24) is 5.32 Å². The summed E-state index contributed by atoms with van der Waals surface area (Å²) in [7, 11) is 2.78. The Kier molecular flexibility index (Phi) is 5.40. The molecule has 32 heavy (non-hydrogen) atoms. The van der Waals surface area contributed by atoms with E-state index in [-0.39, 0.29) is 17.2 Å². The second-order valence-electron chi connectivity index (χ2n) is 7.26. The Bertz CT molecular complexity index is 1360. The monoisotopic (exact) mass is 433 g/mol. The summed E-state index contributed by atoms with van der Waals surface area (Å²) in [5, 5.41) is 13.5. The van der Waals surface area contributed by atoms with Gasteiger partial charge in [-0.1, -0.05) is 6.07 Å². The molecular formula is C25H20FNO5. The highest BCUT2D eigenvalue weighted by Crippen LogP contribution is 2.38. The topological polar surface area (TPSA) is 88.8 Å². The summed E-state index contributed by atoms with van der Waals surface area (Å²) < 4.78 is 24.1. The summed E-state index contributed by atoms with van der Waals surface area (Å²) in [6.45, 7) is 1.73. The molecule has 0 spiro atoms. The van der Waals surface area contributed by atoms with E-state index in [0.29, 0.717) is 44.5 Å². The maximum absolute atomic E-state index is 13.4. The fourth-order valence-electron chi connectivity index (χ4n) is 3.65. The Labute approximate surface area is 183 Å². The number of furan rings is 1. The van der Waals surface area contributed by atoms with Gasteiger partial charge in [0.25, 0.3) is 5.91 Å². The summed E-state index contributed by atoms with van der Waals surface area (Å²) in [6, 6.07) is 13.9. The number of esters is 1. The Morgan fingerprint density at radius 3 is 2.38 bits per heavy atom. The summed E-state index contributed by atoms with van der Waals surface area (Å²) in [5.41, 5.74) is 3.40. The number of methoxy groups -OCH3 is 1. The van der Waals surface area contributed by atoms with Crippen molar-refractivity contribution in [2.24, 2.45) is 0 Å². The van der Waals surface area contributed by atoms with Crippen molar-refractivity contribution in [1.29, 1.82) is 0 Å². The van der Waals surface area contributed by atoms with Crippen molar-refractivity contribution in [3.05, 3.63) is 77.1 Å². The van der Waals surface area contributed by atoms with E-state index in [0.717, 1.165) is 0 Å². The number of carbonyl (C=O) groups is 2. The van der Waals surface area contributed by atoms with Crippen LogP contribution in [-0.2, 0) is 4.74 Å². The molecule has 6 nitrogen and oxygen atoms in total. The molecule has 4 aromatic rings. The quantitative estimate of drug-likeness (QED) is 0.439. The van der Waals surface area contributed by atoms with Crippen molar-refractivity contribution >= 4 is 22.8 Å². The van der Waals surface area contributed by atoms with Gasteiger partial charge in [-0.3, -0.25) is 4.79 Å². The maximum Gasteiger partial charge on any atom is 0.338 e. The molecular weight excluding hydrogens is 413 g/mol. The zero-order valence-corrected chi connectivity index (χ0v) is 17.7. The van der Waals surface area contributed by atoms with Gasteiger partial charge in [0, 0.05) is 18.0 Å². The number of fused-ring (bicyclic) bond motifs is 1. The number of carbonyl (C=O) groups excluding carboxylic acids is 2. The lowest BCUT2D eigenvalue weighted by molar-refractivity contribution is 0.0600. The van der Waals surface area contributed by atoms with Crippen molar-refractivity contribution in [2.45, 2.75) is 6.92 Å². The van der Waals surface area contributed by atoms with Crippen molar-refractivity contribution in [2.75, 3.05) is 14.2 Å². The number of ether oxygens (including phenoxy) is 1. The second-order valence-corrected chi connectivity index (χ2v) is 7.26. The third-order valence-corrected chi connectivity index (χ3v) is 5.36. The molecule has 162 valence electrons. The van der Waals surface area contributed by atoms with Crippen LogP contribution in [0.2, 0.25) is 0 Å². The molecule has 0 atom stereocenters. The average molecular weight is 433 g/mol. The number of rotatable bonds is 4. The Morgan fingerprint density at radius 2 is 1.72 bits per heavy atom.